The number of H-pyrrole nitrogens is 2. The van der Waals surface area contributed by atoms with Gasteiger partial charge in [0.05, 0.1) is 11.0 Å². The van der Waals surface area contributed by atoms with Crippen LogP contribution in [-0.4, -0.2) is 9.97 Å². The maximum Gasteiger partial charge on any atom is 0.0555 e. The van der Waals surface area contributed by atoms with Crippen LogP contribution in [0.1, 0.15) is 0 Å². The molecule has 0 radical (unpaired) electrons. The summed E-state index contributed by atoms with van der Waals surface area (Å²) in [4.78, 5) is 7.10. The lowest BCUT2D eigenvalue weighted by molar-refractivity contribution is 1.52. The van der Waals surface area contributed by atoms with E-state index in [4.69, 9.17) is 0 Å². The minimum Gasteiger partial charge on any atom is -0.354 e. The molecule has 0 spiro atoms. The van der Waals surface area contributed by atoms with Gasteiger partial charge in [-0.05, 0) is 41.5 Å². The zero-order valence-electron chi connectivity index (χ0n) is 21.5. The Morgan fingerprint density at radius 1 is 0.400 bits per heavy atom. The molecule has 6 aromatic carbocycles. The molecule has 0 saturated carbocycles. The molecule has 4 heteroatoms. The molecule has 40 heavy (non-hydrogen) atoms. The molecule has 0 saturated heterocycles. The van der Waals surface area contributed by atoms with Gasteiger partial charge >= 0.3 is 0 Å². The molecule has 0 unspecified atom stereocenters. The summed E-state index contributed by atoms with van der Waals surface area (Å²) in [5, 5.41) is 5.09. The number of hydrogen-bond donors (Lipinski definition) is 2. The zero-order chi connectivity index (χ0) is 27.1. The first-order valence-corrected chi connectivity index (χ1v) is 14.8. The molecule has 0 aliphatic rings. The summed E-state index contributed by atoms with van der Waals surface area (Å²) in [6.45, 7) is 0. The van der Waals surface area contributed by atoms with Gasteiger partial charge in [-0.3, -0.25) is 0 Å². The van der Waals surface area contributed by atoms with Crippen LogP contribution in [0.3, 0.4) is 0 Å². The first-order valence-electron chi connectivity index (χ1n) is 13.2. The van der Waals surface area contributed by atoms with Gasteiger partial charge in [0.25, 0.3) is 0 Å². The van der Waals surface area contributed by atoms with E-state index < -0.39 is 0 Å². The largest absolute Gasteiger partial charge is 0.354 e. The summed E-state index contributed by atoms with van der Waals surface area (Å²) in [6.07, 6.45) is 0. The Kier molecular flexibility index (Phi) is 6.51. The maximum absolute atomic E-state index is 3.69. The van der Waals surface area contributed by atoms with Crippen LogP contribution in [0.4, 0.5) is 0 Å². The summed E-state index contributed by atoms with van der Waals surface area (Å²) < 4.78 is 2.22. The van der Waals surface area contributed by atoms with Crippen LogP contribution >= 0.6 is 31.9 Å². The van der Waals surface area contributed by atoms with Crippen LogP contribution in [0.15, 0.2) is 142 Å². The second-order valence-corrected chi connectivity index (χ2v) is 11.6. The van der Waals surface area contributed by atoms with Gasteiger partial charge < -0.3 is 9.97 Å². The van der Waals surface area contributed by atoms with Crippen molar-refractivity contribution in [2.24, 2.45) is 0 Å². The molecule has 2 heterocycles. The van der Waals surface area contributed by atoms with Crippen LogP contribution in [0.2, 0.25) is 0 Å². The minimum atomic E-state index is 1.10. The van der Waals surface area contributed by atoms with E-state index in [1.807, 2.05) is 6.07 Å². The fourth-order valence-corrected chi connectivity index (χ4v) is 6.35. The summed E-state index contributed by atoms with van der Waals surface area (Å²) in [6, 6.07) is 46.6. The predicted molar refractivity (Wildman–Crippen MR) is 178 cm³/mol. The highest BCUT2D eigenvalue weighted by molar-refractivity contribution is 9.10. The quantitative estimate of drug-likeness (QED) is 0.188. The summed E-state index contributed by atoms with van der Waals surface area (Å²) in [5.41, 5.74) is 9.67. The monoisotopic (exact) mass is 642 g/mol. The normalized spacial score (nSPS) is 11.2. The molecule has 8 rings (SSSR count). The molecule has 0 amide bonds. The standard InChI is InChI=1S/2C18H12BrN/c19-13-10-8-12(9-11-13)14-5-3-6-16-15-4-1-2-7-17(15)20-18(14)16;19-15-11-10-14-13-8-4-5-9-16(13)20-18(14)17(15)12-6-2-1-3-7-12/h2*1-11,20H. The van der Waals surface area contributed by atoms with E-state index in [-0.39, 0.29) is 0 Å². The first kappa shape index (κ1) is 24.9. The zero-order valence-corrected chi connectivity index (χ0v) is 24.6. The fourth-order valence-electron chi connectivity index (χ4n) is 5.52. The number of nitrogens with one attached hydrogen (secondary N) is 2. The van der Waals surface area contributed by atoms with Gasteiger partial charge in [0.1, 0.15) is 0 Å². The molecule has 0 fully saturated rings. The molecule has 2 N–H and O–H groups in total. The van der Waals surface area contributed by atoms with Gasteiger partial charge in [0.15, 0.2) is 0 Å². The molecule has 0 atom stereocenters. The third-order valence-electron chi connectivity index (χ3n) is 7.39. The highest BCUT2D eigenvalue weighted by Crippen LogP contribution is 2.38. The summed E-state index contributed by atoms with van der Waals surface area (Å²) in [5.74, 6) is 0. The Morgan fingerprint density at radius 3 is 1.68 bits per heavy atom. The van der Waals surface area contributed by atoms with Gasteiger partial charge in [0.2, 0.25) is 0 Å². The van der Waals surface area contributed by atoms with Gasteiger partial charge in [0, 0.05) is 52.7 Å². The minimum absolute atomic E-state index is 1.10. The van der Waals surface area contributed by atoms with Crippen LogP contribution in [0.25, 0.3) is 65.9 Å². The molecular weight excluding hydrogens is 620 g/mol. The summed E-state index contributed by atoms with van der Waals surface area (Å²) >= 11 is 7.18. The predicted octanol–water partition coefficient (Wildman–Crippen LogP) is 11.5. The Morgan fingerprint density at radius 2 is 0.975 bits per heavy atom. The van der Waals surface area contributed by atoms with E-state index in [1.54, 1.807) is 0 Å². The third kappa shape index (κ3) is 4.43. The van der Waals surface area contributed by atoms with Gasteiger partial charge in [-0.2, -0.15) is 0 Å². The lowest BCUT2D eigenvalue weighted by Crippen LogP contribution is -1.82. The first-order chi connectivity index (χ1) is 19.7. The average molecular weight is 644 g/mol. The Labute approximate surface area is 248 Å². The molecule has 8 aromatic rings. The Hall–Kier alpha value is -4.12. The fraction of sp³-hybridized carbons (Fsp3) is 0. The van der Waals surface area contributed by atoms with E-state index >= 15 is 0 Å². The number of para-hydroxylation sites is 3. The van der Waals surface area contributed by atoms with Crippen molar-refractivity contribution in [2.75, 3.05) is 0 Å². The number of hydrogen-bond acceptors (Lipinski definition) is 0. The number of aromatic amines is 2. The number of aromatic nitrogens is 2. The second kappa shape index (κ2) is 10.5. The van der Waals surface area contributed by atoms with Crippen molar-refractivity contribution in [3.63, 3.8) is 0 Å². The van der Waals surface area contributed by atoms with Crippen molar-refractivity contribution < 1.29 is 0 Å². The van der Waals surface area contributed by atoms with Gasteiger partial charge in [-0.15, -0.1) is 0 Å². The van der Waals surface area contributed by atoms with E-state index in [2.05, 4.69) is 169 Å². The Bertz CT molecular complexity index is 2120. The molecular formula is C36H24Br2N2. The lowest BCUT2D eigenvalue weighted by Gasteiger charge is -2.06. The third-order valence-corrected chi connectivity index (χ3v) is 8.58. The van der Waals surface area contributed by atoms with Crippen LogP contribution in [-0.2, 0) is 0 Å². The van der Waals surface area contributed by atoms with Crippen LogP contribution in [0, 0.1) is 0 Å². The van der Waals surface area contributed by atoms with Crippen molar-refractivity contribution >= 4 is 75.5 Å². The number of fused-ring (bicyclic) bond motifs is 6. The van der Waals surface area contributed by atoms with Crippen molar-refractivity contribution in [3.8, 4) is 22.3 Å². The molecule has 0 aliphatic carbocycles. The number of halogens is 2. The smallest absolute Gasteiger partial charge is 0.0555 e. The maximum atomic E-state index is 3.69. The van der Waals surface area contributed by atoms with E-state index in [9.17, 15) is 0 Å². The highest BCUT2D eigenvalue weighted by Gasteiger charge is 2.12. The van der Waals surface area contributed by atoms with Gasteiger partial charge in [-0.25, -0.2) is 0 Å². The molecule has 2 nitrogen and oxygen atoms in total. The summed E-state index contributed by atoms with van der Waals surface area (Å²) in [7, 11) is 0. The van der Waals surface area contributed by atoms with Crippen molar-refractivity contribution in [3.05, 3.63) is 142 Å². The SMILES string of the molecule is Brc1ccc(-c2cccc3c2[nH]c2ccccc23)cc1.Brc1ccc2c([nH]c3ccccc32)c1-c1ccccc1. The van der Waals surface area contributed by atoms with Crippen molar-refractivity contribution in [2.45, 2.75) is 0 Å². The van der Waals surface area contributed by atoms with Crippen LogP contribution < -0.4 is 0 Å². The second-order valence-electron chi connectivity index (χ2n) is 9.79. The topological polar surface area (TPSA) is 31.6 Å². The average Bonchev–Trinajstić information content (AvgIpc) is 3.57. The van der Waals surface area contributed by atoms with E-state index in [0.29, 0.717) is 0 Å². The highest BCUT2D eigenvalue weighted by atomic mass is 79.9. The van der Waals surface area contributed by atoms with Crippen molar-refractivity contribution in [1.29, 1.82) is 0 Å². The Balaban J connectivity index is 0.000000132. The molecule has 0 bridgehead atoms. The van der Waals surface area contributed by atoms with E-state index in [1.165, 1.54) is 65.9 Å². The molecule has 192 valence electrons. The molecule has 2 aromatic heterocycles. The number of rotatable bonds is 2. The van der Waals surface area contributed by atoms with Crippen LogP contribution in [0.5, 0.6) is 0 Å². The molecule has 0 aliphatic heterocycles. The van der Waals surface area contributed by atoms with Gasteiger partial charge in [-0.1, -0.05) is 135 Å². The van der Waals surface area contributed by atoms with E-state index in [0.717, 1.165) is 8.95 Å². The number of benzene rings is 6. The van der Waals surface area contributed by atoms with Crippen molar-refractivity contribution in [1.82, 2.24) is 9.97 Å². The lowest BCUT2D eigenvalue weighted by atomic mass is 10.0.